The summed E-state index contributed by atoms with van der Waals surface area (Å²) in [7, 11) is 0. The number of rotatable bonds is 0. The van der Waals surface area contributed by atoms with E-state index in [1.54, 1.807) is 53.2 Å². The molecule has 0 amide bonds. The number of halogens is 2. The molecule has 1 aliphatic heterocycles. The molecular weight excluding hydrogens is 312 g/mol. The lowest BCUT2D eigenvalue weighted by Gasteiger charge is -2.08. The largest absolute Gasteiger partial charge is 0.457 e. The highest BCUT2D eigenvalue weighted by atomic mass is 19.1. The van der Waals surface area contributed by atoms with Crippen LogP contribution in [0.5, 0.6) is 0 Å². The molecule has 2 aromatic carbocycles. The highest BCUT2D eigenvalue weighted by molar-refractivity contribution is 5.92. The van der Waals surface area contributed by atoms with Crippen LogP contribution in [-0.4, -0.2) is 5.97 Å². The Hall–Kier alpha value is -3.08. The maximum atomic E-state index is 14.5. The lowest BCUT2D eigenvalue weighted by Crippen LogP contribution is -2.35. The molecule has 5 heteroatoms. The molecule has 3 aromatic rings. The van der Waals surface area contributed by atoms with Crippen LogP contribution in [0.4, 0.5) is 8.78 Å². The van der Waals surface area contributed by atoms with Crippen molar-refractivity contribution in [2.45, 2.75) is 6.61 Å². The molecule has 0 saturated heterocycles. The predicted octanol–water partition coefficient (Wildman–Crippen LogP) is 3.58. The molecular formula is C19H12F2NO2+. The molecule has 0 unspecified atom stereocenters. The highest BCUT2D eigenvalue weighted by Gasteiger charge is 2.29. The molecule has 3 nitrogen and oxygen atoms in total. The van der Waals surface area contributed by atoms with Crippen molar-refractivity contribution in [3.8, 4) is 16.9 Å². The lowest BCUT2D eigenvalue weighted by molar-refractivity contribution is -0.584. The molecule has 0 aliphatic carbocycles. The second-order valence-corrected chi connectivity index (χ2v) is 5.47. The molecule has 4 rings (SSSR count). The van der Waals surface area contributed by atoms with Crippen LogP contribution in [0, 0.1) is 11.6 Å². The van der Waals surface area contributed by atoms with Crippen molar-refractivity contribution in [2.24, 2.45) is 0 Å². The van der Waals surface area contributed by atoms with Crippen LogP contribution >= 0.6 is 0 Å². The minimum Gasteiger partial charge on any atom is -0.457 e. The van der Waals surface area contributed by atoms with E-state index in [-0.39, 0.29) is 17.7 Å². The first-order valence-corrected chi connectivity index (χ1v) is 7.40. The van der Waals surface area contributed by atoms with Crippen molar-refractivity contribution in [3.63, 3.8) is 0 Å². The lowest BCUT2D eigenvalue weighted by atomic mass is 10.0. The summed E-state index contributed by atoms with van der Waals surface area (Å²) in [4.78, 5) is 12.4. The van der Waals surface area contributed by atoms with Gasteiger partial charge in [0, 0.05) is 29.8 Å². The molecule has 2 heterocycles. The number of nitrogens with zero attached hydrogens (tertiary/aromatic N) is 1. The Kier molecular flexibility index (Phi) is 3.34. The Morgan fingerprint density at radius 1 is 1.00 bits per heavy atom. The summed E-state index contributed by atoms with van der Waals surface area (Å²) in [5, 5.41) is 0. The highest BCUT2D eigenvalue weighted by Crippen LogP contribution is 2.29. The molecule has 0 saturated carbocycles. The van der Waals surface area contributed by atoms with Gasteiger partial charge in [-0.1, -0.05) is 12.1 Å². The first-order valence-electron chi connectivity index (χ1n) is 7.40. The number of para-hydroxylation sites is 1. The smallest absolute Gasteiger partial charge is 0.345 e. The van der Waals surface area contributed by atoms with Crippen LogP contribution in [0.25, 0.3) is 16.9 Å². The first kappa shape index (κ1) is 14.5. The SMILES string of the molecule is O=C1OCc2cc(F)cc(F)c2-c2cccc[n+]2-c2ccccc21. The van der Waals surface area contributed by atoms with Crippen LogP contribution in [0.15, 0.2) is 60.8 Å². The first-order chi connectivity index (χ1) is 11.6. The fourth-order valence-electron chi connectivity index (χ4n) is 2.96. The number of benzene rings is 2. The van der Waals surface area contributed by atoms with E-state index in [1.165, 1.54) is 6.07 Å². The summed E-state index contributed by atoms with van der Waals surface area (Å²) in [6, 6.07) is 14.2. The number of hydrogen-bond donors (Lipinski definition) is 0. The Balaban J connectivity index is 2.10. The standard InChI is InChI=1S/C19H12F2NO2/c20-13-9-12-11-24-19(23)14-5-1-2-6-16(14)22-8-4-3-7-17(22)18(12)15(21)10-13/h1-10H,11H2/q+1. The Labute approximate surface area is 136 Å². The zero-order chi connectivity index (χ0) is 16.7. The maximum absolute atomic E-state index is 14.5. The third-order valence-corrected chi connectivity index (χ3v) is 3.99. The van der Waals surface area contributed by atoms with Crippen LogP contribution in [0.3, 0.4) is 0 Å². The zero-order valence-corrected chi connectivity index (χ0v) is 12.5. The van der Waals surface area contributed by atoms with Crippen molar-refractivity contribution >= 4 is 5.97 Å². The third kappa shape index (κ3) is 2.25. The van der Waals surface area contributed by atoms with Crippen molar-refractivity contribution in [3.05, 3.63) is 83.6 Å². The van der Waals surface area contributed by atoms with Gasteiger partial charge in [-0.25, -0.2) is 13.6 Å². The van der Waals surface area contributed by atoms with Crippen molar-refractivity contribution in [1.82, 2.24) is 0 Å². The van der Waals surface area contributed by atoms with Crippen LogP contribution in [-0.2, 0) is 11.3 Å². The summed E-state index contributed by atoms with van der Waals surface area (Å²) < 4.78 is 35.2. The topological polar surface area (TPSA) is 30.2 Å². The molecule has 0 N–H and O–H groups in total. The van der Waals surface area contributed by atoms with Crippen molar-refractivity contribution in [1.29, 1.82) is 0 Å². The number of esters is 1. The molecule has 0 radical (unpaired) electrons. The van der Waals surface area contributed by atoms with Gasteiger partial charge < -0.3 is 4.74 Å². The van der Waals surface area contributed by atoms with Gasteiger partial charge in [0.2, 0.25) is 11.4 Å². The van der Waals surface area contributed by atoms with E-state index < -0.39 is 17.6 Å². The number of aromatic nitrogens is 1. The third-order valence-electron chi connectivity index (χ3n) is 3.99. The number of cyclic esters (lactones) is 1. The summed E-state index contributed by atoms with van der Waals surface area (Å²) in [6.45, 7) is -0.202. The number of pyridine rings is 1. The molecule has 0 bridgehead atoms. The molecule has 0 atom stereocenters. The van der Waals surface area contributed by atoms with Crippen molar-refractivity contribution < 1.29 is 22.9 Å². The average molecular weight is 324 g/mol. The van der Waals surface area contributed by atoms with E-state index in [2.05, 4.69) is 0 Å². The van der Waals surface area contributed by atoms with Crippen LogP contribution in [0.1, 0.15) is 15.9 Å². The Morgan fingerprint density at radius 2 is 1.79 bits per heavy atom. The molecule has 0 fully saturated rings. The normalized spacial score (nSPS) is 12.8. The number of ether oxygens (including phenoxy) is 1. The van der Waals surface area contributed by atoms with E-state index in [1.807, 2.05) is 0 Å². The monoisotopic (exact) mass is 324 g/mol. The second kappa shape index (κ2) is 5.53. The summed E-state index contributed by atoms with van der Waals surface area (Å²) in [6.07, 6.45) is 1.74. The van der Waals surface area contributed by atoms with Crippen LogP contribution in [0.2, 0.25) is 0 Å². The van der Waals surface area contributed by atoms with E-state index in [0.29, 0.717) is 16.9 Å². The van der Waals surface area contributed by atoms with Gasteiger partial charge in [0.1, 0.15) is 23.8 Å². The van der Waals surface area contributed by atoms with Gasteiger partial charge in [0.15, 0.2) is 6.20 Å². The average Bonchev–Trinajstić information content (AvgIpc) is 2.63. The maximum Gasteiger partial charge on any atom is 0.345 e. The van der Waals surface area contributed by atoms with E-state index in [0.717, 1.165) is 6.07 Å². The van der Waals surface area contributed by atoms with Crippen molar-refractivity contribution in [2.75, 3.05) is 0 Å². The number of carbonyl (C=O) groups is 1. The Bertz CT molecular complexity index is 969. The summed E-state index contributed by atoms with van der Waals surface area (Å²) in [5.41, 5.74) is 1.98. The summed E-state index contributed by atoms with van der Waals surface area (Å²) >= 11 is 0. The number of carbonyl (C=O) groups excluding carboxylic acids is 1. The molecule has 24 heavy (non-hydrogen) atoms. The number of hydrogen-bond acceptors (Lipinski definition) is 2. The fraction of sp³-hybridized carbons (Fsp3) is 0.0526. The van der Waals surface area contributed by atoms with Gasteiger partial charge in [0.25, 0.3) is 0 Å². The minimum atomic E-state index is -0.707. The molecule has 0 spiro atoms. The number of fused-ring (bicyclic) bond motifs is 5. The van der Waals surface area contributed by atoms with Gasteiger partial charge >= 0.3 is 5.97 Å². The minimum absolute atomic E-state index is 0.202. The zero-order valence-electron chi connectivity index (χ0n) is 12.5. The predicted molar refractivity (Wildman–Crippen MR) is 82.4 cm³/mol. The molecule has 118 valence electrons. The molecule has 1 aliphatic rings. The van der Waals surface area contributed by atoms with Gasteiger partial charge in [0.05, 0.1) is 5.56 Å². The Morgan fingerprint density at radius 3 is 2.67 bits per heavy atom. The van der Waals surface area contributed by atoms with Gasteiger partial charge in [-0.2, -0.15) is 4.57 Å². The van der Waals surface area contributed by atoms with E-state index >= 15 is 0 Å². The van der Waals surface area contributed by atoms with E-state index in [9.17, 15) is 13.6 Å². The second-order valence-electron chi connectivity index (χ2n) is 5.47. The van der Waals surface area contributed by atoms with Gasteiger partial charge in [-0.15, -0.1) is 0 Å². The van der Waals surface area contributed by atoms with E-state index in [4.69, 9.17) is 4.74 Å². The van der Waals surface area contributed by atoms with Gasteiger partial charge in [-0.05, 0) is 18.2 Å². The fourth-order valence-corrected chi connectivity index (χ4v) is 2.96. The molecule has 1 aromatic heterocycles. The van der Waals surface area contributed by atoms with Crippen LogP contribution < -0.4 is 4.57 Å². The quantitative estimate of drug-likeness (QED) is 0.467. The summed E-state index contributed by atoms with van der Waals surface area (Å²) in [5.74, 6) is -1.94. The van der Waals surface area contributed by atoms with Gasteiger partial charge in [-0.3, -0.25) is 0 Å².